The number of hydrogen-bond donors (Lipinski definition) is 3. The number of carbonyl (C=O) groups is 5. The fraction of sp³-hybridized carbons (Fsp3) is 0.467. The molecule has 2 rings (SSSR count). The van der Waals surface area contributed by atoms with Gasteiger partial charge >= 0.3 is 11.9 Å². The van der Waals surface area contributed by atoms with Gasteiger partial charge in [0, 0.05) is 18.2 Å². The third kappa shape index (κ3) is 5.23. The van der Waals surface area contributed by atoms with Crippen molar-refractivity contribution < 1.29 is 33.8 Å². The van der Waals surface area contributed by atoms with E-state index in [0.717, 1.165) is 16.7 Å². The Morgan fingerprint density at radius 1 is 1.43 bits per heavy atom. The maximum atomic E-state index is 12.4. The molecule has 0 aromatic rings. The van der Waals surface area contributed by atoms with Crippen molar-refractivity contribution in [1.29, 1.82) is 0 Å². The largest absolute Gasteiger partial charge is 0.477 e. The van der Waals surface area contributed by atoms with Crippen molar-refractivity contribution in [3.63, 3.8) is 0 Å². The number of thiocarbonyl (C=S) groups is 1. The summed E-state index contributed by atoms with van der Waals surface area (Å²) in [7, 11) is 0. The molecule has 0 radical (unpaired) electrons. The van der Waals surface area contributed by atoms with Crippen LogP contribution >= 0.6 is 35.7 Å². The number of nitrogens with one attached hydrogen (secondary N) is 1. The zero-order valence-electron chi connectivity index (χ0n) is 14.6. The van der Waals surface area contributed by atoms with Gasteiger partial charge in [-0.2, -0.15) is 0 Å². The van der Waals surface area contributed by atoms with Crippen LogP contribution < -0.4 is 11.1 Å². The van der Waals surface area contributed by atoms with Gasteiger partial charge in [-0.1, -0.05) is 24.0 Å². The molecular weight excluding hydrogens is 430 g/mol. The van der Waals surface area contributed by atoms with Crippen molar-refractivity contribution in [2.75, 3.05) is 18.1 Å². The first-order valence-corrected chi connectivity index (χ1v) is 10.3. The fourth-order valence-electron chi connectivity index (χ4n) is 2.59. The fourth-order valence-corrected chi connectivity index (χ4v) is 4.50. The van der Waals surface area contributed by atoms with E-state index in [1.807, 2.05) is 0 Å². The monoisotopic (exact) mass is 447 g/mol. The Morgan fingerprint density at radius 3 is 2.68 bits per heavy atom. The van der Waals surface area contributed by atoms with Gasteiger partial charge in [-0.15, -0.1) is 11.8 Å². The van der Waals surface area contributed by atoms with Crippen LogP contribution in [0.3, 0.4) is 0 Å². The van der Waals surface area contributed by atoms with Crippen molar-refractivity contribution in [3.05, 3.63) is 11.3 Å². The number of Topliss-reactive ketones (excluding diaryl/α,β-unsaturated/α-hetero) is 1. The molecule has 2 amide bonds. The minimum atomic E-state index is -1.32. The second-order valence-electron chi connectivity index (χ2n) is 5.82. The van der Waals surface area contributed by atoms with E-state index in [0.29, 0.717) is 5.57 Å². The summed E-state index contributed by atoms with van der Waals surface area (Å²) in [5.41, 5.74) is 5.32. The summed E-state index contributed by atoms with van der Waals surface area (Å²) in [5.74, 6) is -3.36. The minimum Gasteiger partial charge on any atom is -0.477 e. The van der Waals surface area contributed by atoms with Crippen molar-refractivity contribution in [1.82, 2.24) is 10.2 Å². The predicted octanol–water partition coefficient (Wildman–Crippen LogP) is -0.776. The molecule has 0 spiro atoms. The highest BCUT2D eigenvalue weighted by Crippen LogP contribution is 2.40. The van der Waals surface area contributed by atoms with Crippen molar-refractivity contribution in [3.8, 4) is 0 Å². The summed E-state index contributed by atoms with van der Waals surface area (Å²) in [6.45, 7) is 0.966. The minimum absolute atomic E-state index is 0.0446. The van der Waals surface area contributed by atoms with E-state index in [1.165, 1.54) is 18.7 Å². The number of ketones is 1. The summed E-state index contributed by atoms with van der Waals surface area (Å²) in [6.07, 6.45) is -0.434. The van der Waals surface area contributed by atoms with Gasteiger partial charge in [0.05, 0.1) is 12.2 Å². The van der Waals surface area contributed by atoms with E-state index in [-0.39, 0.29) is 28.1 Å². The Morgan fingerprint density at radius 2 is 2.11 bits per heavy atom. The van der Waals surface area contributed by atoms with E-state index in [2.05, 4.69) is 17.5 Å². The molecule has 0 bridgehead atoms. The predicted molar refractivity (Wildman–Crippen MR) is 105 cm³/mol. The summed E-state index contributed by atoms with van der Waals surface area (Å²) < 4.78 is 4.93. The maximum absolute atomic E-state index is 12.4. The SMILES string of the molecule is CC(=O)OCC1=C(C(=O)O)N2C(=O)C(NC(=O)CC(=O)CSC(N)=S)[C@H]2SC1. The Labute approximate surface area is 173 Å². The van der Waals surface area contributed by atoms with Gasteiger partial charge in [-0.25, -0.2) is 4.79 Å². The molecule has 0 aromatic heterocycles. The number of thioether (sulfide) groups is 2. The number of rotatable bonds is 8. The van der Waals surface area contributed by atoms with Crippen LogP contribution in [-0.2, 0) is 28.7 Å². The van der Waals surface area contributed by atoms with Crippen molar-refractivity contribution in [2.45, 2.75) is 24.8 Å². The summed E-state index contributed by atoms with van der Waals surface area (Å²) in [5, 5.41) is 11.3. The number of esters is 1. The second kappa shape index (κ2) is 9.39. The zero-order valence-corrected chi connectivity index (χ0v) is 17.1. The van der Waals surface area contributed by atoms with Crippen LogP contribution in [0.4, 0.5) is 0 Å². The van der Waals surface area contributed by atoms with Crippen LogP contribution in [0.5, 0.6) is 0 Å². The number of fused-ring (bicyclic) bond motifs is 1. The number of nitrogens with zero attached hydrogens (tertiary/aromatic N) is 1. The third-order valence-corrected chi connectivity index (χ3v) is 6.19. The number of aliphatic carboxylic acids is 1. The lowest BCUT2D eigenvalue weighted by molar-refractivity contribution is -0.151. The van der Waals surface area contributed by atoms with Crippen LogP contribution in [-0.4, -0.2) is 73.4 Å². The molecule has 0 aliphatic carbocycles. The number of hydrogen-bond acceptors (Lipinski definition) is 9. The number of nitrogens with two attached hydrogens (primary N) is 1. The van der Waals surface area contributed by atoms with Gasteiger partial charge < -0.3 is 20.9 Å². The van der Waals surface area contributed by atoms with Crippen LogP contribution in [0.25, 0.3) is 0 Å². The van der Waals surface area contributed by atoms with Gasteiger partial charge in [0.15, 0.2) is 5.78 Å². The normalized spacial score (nSPS) is 20.8. The summed E-state index contributed by atoms with van der Waals surface area (Å²) in [4.78, 5) is 59.7. The highest BCUT2D eigenvalue weighted by atomic mass is 32.2. The van der Waals surface area contributed by atoms with Crippen LogP contribution in [0.1, 0.15) is 13.3 Å². The number of β-lactam (4-membered cyclic amide) rings is 1. The Hall–Kier alpha value is -2.12. The zero-order chi connectivity index (χ0) is 21.0. The van der Waals surface area contributed by atoms with Crippen LogP contribution in [0, 0.1) is 0 Å². The molecule has 2 heterocycles. The van der Waals surface area contributed by atoms with Gasteiger partial charge in [0.2, 0.25) is 5.91 Å². The lowest BCUT2D eigenvalue weighted by Crippen LogP contribution is -2.70. The van der Waals surface area contributed by atoms with Crippen LogP contribution in [0.2, 0.25) is 0 Å². The molecule has 1 unspecified atom stereocenters. The van der Waals surface area contributed by atoms with E-state index in [4.69, 9.17) is 10.5 Å². The van der Waals surface area contributed by atoms with E-state index >= 15 is 0 Å². The first-order valence-electron chi connectivity index (χ1n) is 7.88. The number of ether oxygens (including phenoxy) is 1. The highest BCUT2D eigenvalue weighted by molar-refractivity contribution is 8.23. The van der Waals surface area contributed by atoms with Gasteiger partial charge in [0.25, 0.3) is 5.91 Å². The van der Waals surface area contributed by atoms with Crippen molar-refractivity contribution in [2.24, 2.45) is 5.73 Å². The number of carboxylic acids is 1. The first kappa shape index (κ1) is 22.2. The average Bonchev–Trinajstić information content (AvgIpc) is 2.61. The van der Waals surface area contributed by atoms with E-state index in [1.54, 1.807) is 0 Å². The molecule has 10 nitrogen and oxygen atoms in total. The average molecular weight is 448 g/mol. The maximum Gasteiger partial charge on any atom is 0.352 e. The number of amides is 2. The molecule has 0 saturated carbocycles. The number of carbonyl (C=O) groups excluding carboxylic acids is 4. The van der Waals surface area contributed by atoms with E-state index in [9.17, 15) is 29.1 Å². The third-order valence-electron chi connectivity index (χ3n) is 3.75. The smallest absolute Gasteiger partial charge is 0.352 e. The quantitative estimate of drug-likeness (QED) is 0.186. The van der Waals surface area contributed by atoms with Gasteiger partial charge in [0.1, 0.15) is 28.0 Å². The van der Waals surface area contributed by atoms with E-state index < -0.39 is 47.4 Å². The molecule has 1 saturated heterocycles. The molecule has 28 heavy (non-hydrogen) atoms. The molecule has 152 valence electrons. The summed E-state index contributed by atoms with van der Waals surface area (Å²) >= 11 is 6.81. The molecule has 0 aromatic carbocycles. The molecule has 2 atom stereocenters. The lowest BCUT2D eigenvalue weighted by atomic mass is 10.0. The van der Waals surface area contributed by atoms with Gasteiger partial charge in [-0.3, -0.25) is 24.1 Å². The number of carboxylic acid groups (broad SMARTS) is 1. The Balaban J connectivity index is 2.00. The molecule has 13 heteroatoms. The molecule has 4 N–H and O–H groups in total. The Bertz CT molecular complexity index is 783. The molecule has 1 fully saturated rings. The first-order chi connectivity index (χ1) is 13.1. The Kier molecular flexibility index (Phi) is 7.43. The van der Waals surface area contributed by atoms with Crippen LogP contribution in [0.15, 0.2) is 11.3 Å². The lowest BCUT2D eigenvalue weighted by Gasteiger charge is -2.49. The highest BCUT2D eigenvalue weighted by Gasteiger charge is 2.54. The van der Waals surface area contributed by atoms with Gasteiger partial charge in [-0.05, 0) is 0 Å². The molecule has 2 aliphatic heterocycles. The summed E-state index contributed by atoms with van der Waals surface area (Å²) in [6, 6.07) is -0.932. The molecular formula is C15H17N3O7S3. The second-order valence-corrected chi connectivity index (χ2v) is 8.64. The molecule has 2 aliphatic rings. The standard InChI is InChI=1S/C15H17N3O7S3/c1-6(19)25-3-7-4-27-13-10(12(22)18(13)11(7)14(23)24)17-9(21)2-8(20)5-28-15(16)26/h10,13H,2-5H2,1H3,(H2,16,26)(H,17,21)(H,23,24)/t10?,13-/m1/s1. The van der Waals surface area contributed by atoms with Crippen molar-refractivity contribution >= 4 is 69.6 Å². The topological polar surface area (TPSA) is 156 Å².